The van der Waals surface area contributed by atoms with Gasteiger partial charge in [-0.15, -0.1) is 0 Å². The molecule has 0 fully saturated rings. The molecule has 0 aromatic heterocycles. The average molecular weight is 459 g/mol. The maximum atomic E-state index is 12.6. The van der Waals surface area contributed by atoms with E-state index >= 15 is 0 Å². The summed E-state index contributed by atoms with van der Waals surface area (Å²) in [6.45, 7) is 1.56. The van der Waals surface area contributed by atoms with E-state index < -0.39 is 35.8 Å². The third-order valence-corrected chi connectivity index (χ3v) is 5.20. The van der Waals surface area contributed by atoms with Crippen LogP contribution in [0.15, 0.2) is 66.4 Å². The Kier molecular flexibility index (Phi) is 9.40. The van der Waals surface area contributed by atoms with E-state index in [1.54, 1.807) is 19.1 Å². The van der Waals surface area contributed by atoms with Crippen molar-refractivity contribution in [1.82, 2.24) is 15.5 Å². The number of benzene rings is 2. The number of nitrogens with zero attached hydrogens (tertiary/aromatic N) is 1. The number of aliphatic carboxylic acids is 1. The Bertz CT molecular complexity index is 1080. The summed E-state index contributed by atoms with van der Waals surface area (Å²) in [6.07, 6.45) is 1.71. The summed E-state index contributed by atoms with van der Waals surface area (Å²) < 4.78 is 0. The molecule has 0 saturated heterocycles. The Morgan fingerprint density at radius 3 is 2.42 bits per heavy atom. The van der Waals surface area contributed by atoms with Gasteiger partial charge in [0.1, 0.15) is 0 Å². The molecule has 1 aliphatic rings. The molecule has 1 aliphatic heterocycles. The molecule has 9 heteroatoms. The van der Waals surface area contributed by atoms with Crippen LogP contribution in [0.1, 0.15) is 37.5 Å². The van der Waals surface area contributed by atoms with Crippen LogP contribution in [0, 0.1) is 0 Å². The van der Waals surface area contributed by atoms with E-state index in [1.807, 2.05) is 42.5 Å². The van der Waals surface area contributed by atoms with Gasteiger partial charge in [-0.05, 0) is 30.0 Å². The number of hydrogen-bond acceptors (Lipinski definition) is 4. The largest absolute Gasteiger partial charge is 1.00 e. The number of ketones is 1. The first-order valence-electron chi connectivity index (χ1n) is 10.2. The van der Waals surface area contributed by atoms with Crippen LogP contribution in [0.4, 0.5) is 4.79 Å². The number of carboxylic acids is 1. The molecule has 2 atom stereocenters. The molecule has 33 heavy (non-hydrogen) atoms. The summed E-state index contributed by atoms with van der Waals surface area (Å²) in [7, 11) is 1.50. The molecule has 0 bridgehead atoms. The quantitative estimate of drug-likeness (QED) is 0.382. The smallest absolute Gasteiger partial charge is 1.00 e. The Morgan fingerprint density at radius 2 is 1.76 bits per heavy atom. The molecule has 168 valence electrons. The number of rotatable bonds is 7. The summed E-state index contributed by atoms with van der Waals surface area (Å²) in [5.74, 6) is -2.15. The number of hydrogen-bond donors (Lipinski definition) is 3. The van der Waals surface area contributed by atoms with Crippen molar-refractivity contribution < 1.29 is 55.3 Å². The molecular weight excluding hydrogens is 433 g/mol. The SMILES string of the molecule is CC1=CN(C)C(=O)C(NC(=O)NC(CC(=O)O)c2cccc(Cc3ccccc3)c2)C1=O.[H-].[Na+]. The summed E-state index contributed by atoms with van der Waals surface area (Å²) in [5.41, 5.74) is 3.02. The van der Waals surface area contributed by atoms with Crippen molar-refractivity contribution >= 4 is 23.7 Å². The van der Waals surface area contributed by atoms with Crippen LogP contribution < -0.4 is 40.2 Å². The molecule has 0 radical (unpaired) electrons. The molecule has 0 spiro atoms. The van der Waals surface area contributed by atoms with Crippen LogP contribution in [-0.4, -0.2) is 46.8 Å². The van der Waals surface area contributed by atoms with Crippen LogP contribution in [0.3, 0.4) is 0 Å². The van der Waals surface area contributed by atoms with Crippen LogP contribution in [0.25, 0.3) is 0 Å². The second kappa shape index (κ2) is 11.8. The molecule has 2 unspecified atom stereocenters. The molecular formula is C24H26N3NaO5. The number of amides is 3. The molecule has 0 saturated carbocycles. The van der Waals surface area contributed by atoms with Gasteiger partial charge < -0.3 is 22.1 Å². The van der Waals surface area contributed by atoms with E-state index in [1.165, 1.54) is 18.1 Å². The van der Waals surface area contributed by atoms with Gasteiger partial charge in [0.2, 0.25) is 0 Å². The minimum atomic E-state index is -1.35. The minimum absolute atomic E-state index is 0. The van der Waals surface area contributed by atoms with Crippen molar-refractivity contribution in [3.63, 3.8) is 0 Å². The van der Waals surface area contributed by atoms with Crippen molar-refractivity contribution in [1.29, 1.82) is 0 Å². The summed E-state index contributed by atoms with van der Waals surface area (Å²) in [6, 6.07) is 14.2. The number of carbonyl (C=O) groups excluding carboxylic acids is 3. The second-order valence-electron chi connectivity index (χ2n) is 7.73. The van der Waals surface area contributed by atoms with E-state index in [4.69, 9.17) is 0 Å². The third kappa shape index (κ3) is 7.02. The van der Waals surface area contributed by atoms with Gasteiger partial charge >= 0.3 is 41.6 Å². The van der Waals surface area contributed by atoms with E-state index in [2.05, 4.69) is 10.6 Å². The van der Waals surface area contributed by atoms with Gasteiger partial charge in [-0.3, -0.25) is 14.4 Å². The first-order chi connectivity index (χ1) is 15.2. The number of urea groups is 1. The number of nitrogens with one attached hydrogen (secondary N) is 2. The molecule has 3 amide bonds. The summed E-state index contributed by atoms with van der Waals surface area (Å²) in [5, 5.41) is 14.3. The number of carboxylic acid groups (broad SMARTS) is 1. The summed E-state index contributed by atoms with van der Waals surface area (Å²) in [4.78, 5) is 49.9. The predicted octanol–water partition coefficient (Wildman–Crippen LogP) is -0.478. The summed E-state index contributed by atoms with van der Waals surface area (Å²) >= 11 is 0. The van der Waals surface area contributed by atoms with Gasteiger partial charge in [0, 0.05) is 18.8 Å². The minimum Gasteiger partial charge on any atom is -1.00 e. The molecule has 3 N–H and O–H groups in total. The zero-order valence-corrected chi connectivity index (χ0v) is 20.9. The standard InChI is InChI=1S/C24H25N3O5.Na.H/c1-15-14-27(2)23(31)21(22(15)30)26-24(32)25-19(13-20(28)29)18-10-6-9-17(12-18)11-16-7-4-3-5-8-16;;/h3-10,12,14,19,21H,11,13H2,1-2H3,(H,28,29)(H2,25,26,32);;/q;+1;-1. The van der Waals surface area contributed by atoms with Gasteiger partial charge in [-0.25, -0.2) is 4.79 Å². The normalized spacial score (nSPS) is 16.4. The number of likely N-dealkylation sites (N-methyl/N-ethyl adjacent to an activating group) is 1. The Morgan fingerprint density at radius 1 is 1.09 bits per heavy atom. The maximum Gasteiger partial charge on any atom is 1.00 e. The van der Waals surface area contributed by atoms with Crippen molar-refractivity contribution in [3.05, 3.63) is 83.1 Å². The van der Waals surface area contributed by atoms with Crippen LogP contribution in [0.2, 0.25) is 0 Å². The van der Waals surface area contributed by atoms with Crippen LogP contribution in [0.5, 0.6) is 0 Å². The fourth-order valence-corrected chi connectivity index (χ4v) is 3.60. The Labute approximate surface area is 215 Å². The predicted molar refractivity (Wildman–Crippen MR) is 119 cm³/mol. The van der Waals surface area contributed by atoms with Crippen LogP contribution in [-0.2, 0) is 20.8 Å². The van der Waals surface area contributed by atoms with Gasteiger partial charge in [0.15, 0.2) is 11.8 Å². The van der Waals surface area contributed by atoms with E-state index in [0.717, 1.165) is 11.1 Å². The first kappa shape index (κ1) is 26.3. The van der Waals surface area contributed by atoms with Gasteiger partial charge in [0.25, 0.3) is 5.91 Å². The first-order valence-corrected chi connectivity index (χ1v) is 10.2. The van der Waals surface area contributed by atoms with Gasteiger partial charge in [0.05, 0.1) is 12.5 Å². The van der Waals surface area contributed by atoms with Gasteiger partial charge in [-0.2, -0.15) is 0 Å². The van der Waals surface area contributed by atoms with E-state index in [0.29, 0.717) is 17.6 Å². The van der Waals surface area contributed by atoms with Crippen LogP contribution >= 0.6 is 0 Å². The number of Topliss-reactive ketones (excluding diaryl/α,β-unsaturated/α-hetero) is 1. The van der Waals surface area contributed by atoms with Crippen molar-refractivity contribution in [2.45, 2.75) is 31.8 Å². The second-order valence-corrected chi connectivity index (χ2v) is 7.73. The van der Waals surface area contributed by atoms with Crippen molar-refractivity contribution in [3.8, 4) is 0 Å². The molecule has 3 rings (SSSR count). The fourth-order valence-electron chi connectivity index (χ4n) is 3.60. The Hall–Kier alpha value is -2.94. The molecule has 2 aromatic carbocycles. The third-order valence-electron chi connectivity index (χ3n) is 5.20. The van der Waals surface area contributed by atoms with E-state index in [9.17, 15) is 24.3 Å². The zero-order valence-electron chi connectivity index (χ0n) is 19.9. The van der Waals surface area contributed by atoms with Crippen molar-refractivity contribution in [2.24, 2.45) is 0 Å². The molecule has 1 heterocycles. The van der Waals surface area contributed by atoms with Gasteiger partial charge in [-0.1, -0.05) is 54.6 Å². The molecule has 8 nitrogen and oxygen atoms in total. The Balaban J connectivity index is 0.00000289. The average Bonchev–Trinajstić information content (AvgIpc) is 2.75. The van der Waals surface area contributed by atoms with Crippen molar-refractivity contribution in [2.75, 3.05) is 7.05 Å². The van der Waals surface area contributed by atoms with E-state index in [-0.39, 0.29) is 37.4 Å². The maximum absolute atomic E-state index is 12.6. The molecule has 0 aliphatic carbocycles. The topological polar surface area (TPSA) is 116 Å². The molecule has 2 aromatic rings. The number of carbonyl (C=O) groups is 4. The zero-order chi connectivity index (χ0) is 23.3. The fraction of sp³-hybridized carbons (Fsp3) is 0.250. The monoisotopic (exact) mass is 459 g/mol.